The Bertz CT molecular complexity index is 557. The van der Waals surface area contributed by atoms with Crippen LogP contribution in [0, 0.1) is 0 Å². The summed E-state index contributed by atoms with van der Waals surface area (Å²) in [5, 5.41) is 3.41. The molecule has 2 heterocycles. The number of sulfone groups is 1. The second kappa shape index (κ2) is 6.75. The van der Waals surface area contributed by atoms with Gasteiger partial charge < -0.3 is 10.2 Å². The van der Waals surface area contributed by atoms with Crippen LogP contribution in [0.1, 0.15) is 38.4 Å². The van der Waals surface area contributed by atoms with Crippen LogP contribution in [-0.4, -0.2) is 44.5 Å². The smallest absolute Gasteiger partial charge is 0.152 e. The summed E-state index contributed by atoms with van der Waals surface area (Å²) in [7, 11) is -0.905. The van der Waals surface area contributed by atoms with Crippen LogP contribution >= 0.6 is 0 Å². The predicted molar refractivity (Wildman–Crippen MR) is 86.4 cm³/mol. The van der Waals surface area contributed by atoms with Gasteiger partial charge in [0, 0.05) is 19.1 Å². The van der Waals surface area contributed by atoms with Crippen molar-refractivity contribution in [1.82, 2.24) is 10.3 Å². The van der Waals surface area contributed by atoms with Crippen molar-refractivity contribution in [3.63, 3.8) is 0 Å². The fourth-order valence-electron chi connectivity index (χ4n) is 2.81. The monoisotopic (exact) mass is 311 g/mol. The minimum atomic E-state index is -2.85. The van der Waals surface area contributed by atoms with Crippen LogP contribution in [-0.2, 0) is 9.84 Å². The molecule has 21 heavy (non-hydrogen) atoms. The summed E-state index contributed by atoms with van der Waals surface area (Å²) in [4.78, 5) is 6.58. The highest BCUT2D eigenvalue weighted by Gasteiger charge is 2.30. The van der Waals surface area contributed by atoms with E-state index in [1.54, 1.807) is 0 Å². The van der Waals surface area contributed by atoms with Gasteiger partial charge in [-0.1, -0.05) is 13.8 Å². The van der Waals surface area contributed by atoms with E-state index >= 15 is 0 Å². The van der Waals surface area contributed by atoms with Gasteiger partial charge in [0.15, 0.2) is 9.84 Å². The van der Waals surface area contributed by atoms with Crippen LogP contribution in [0.25, 0.3) is 0 Å². The van der Waals surface area contributed by atoms with Crippen molar-refractivity contribution < 1.29 is 8.42 Å². The van der Waals surface area contributed by atoms with Crippen molar-refractivity contribution in [2.45, 2.75) is 38.8 Å². The van der Waals surface area contributed by atoms with Crippen LogP contribution in [0.3, 0.4) is 0 Å². The number of rotatable bonds is 6. The van der Waals surface area contributed by atoms with Gasteiger partial charge in [0.25, 0.3) is 0 Å². The van der Waals surface area contributed by atoms with E-state index in [4.69, 9.17) is 0 Å². The van der Waals surface area contributed by atoms with Gasteiger partial charge in [-0.25, -0.2) is 8.42 Å². The molecule has 0 saturated carbocycles. The molecule has 1 aromatic heterocycles. The molecule has 1 saturated heterocycles. The number of nitrogens with zero attached hydrogens (tertiary/aromatic N) is 2. The third kappa shape index (κ3) is 3.95. The van der Waals surface area contributed by atoms with Crippen molar-refractivity contribution >= 4 is 15.5 Å². The minimum absolute atomic E-state index is 0.0680. The summed E-state index contributed by atoms with van der Waals surface area (Å²) >= 11 is 0. The van der Waals surface area contributed by atoms with Crippen LogP contribution in [0.2, 0.25) is 0 Å². The maximum absolute atomic E-state index is 11.6. The van der Waals surface area contributed by atoms with Crippen LogP contribution in [0.4, 0.5) is 5.69 Å². The van der Waals surface area contributed by atoms with E-state index in [1.807, 2.05) is 30.3 Å². The number of hydrogen-bond acceptors (Lipinski definition) is 5. The van der Waals surface area contributed by atoms with Crippen molar-refractivity contribution in [2.24, 2.45) is 0 Å². The van der Waals surface area contributed by atoms with Gasteiger partial charge >= 0.3 is 0 Å². The SMILES string of the molecule is CCNC(CC)c1ccc(N(C)C2CCS(=O)(=O)C2)cn1. The second-order valence-corrected chi connectivity index (χ2v) is 7.86. The highest BCUT2D eigenvalue weighted by molar-refractivity contribution is 7.91. The number of anilines is 1. The molecule has 0 amide bonds. The van der Waals surface area contributed by atoms with E-state index in [0.717, 1.165) is 24.3 Å². The fourth-order valence-corrected chi connectivity index (χ4v) is 4.58. The first-order valence-corrected chi connectivity index (χ1v) is 9.41. The molecule has 0 radical (unpaired) electrons. The van der Waals surface area contributed by atoms with Gasteiger partial charge in [-0.15, -0.1) is 0 Å². The summed E-state index contributed by atoms with van der Waals surface area (Å²) in [5.74, 6) is 0.548. The summed E-state index contributed by atoms with van der Waals surface area (Å²) < 4.78 is 23.2. The third-order valence-corrected chi connectivity index (χ3v) is 5.90. The molecule has 5 nitrogen and oxygen atoms in total. The zero-order chi connectivity index (χ0) is 15.5. The zero-order valence-corrected chi connectivity index (χ0v) is 13.9. The summed E-state index contributed by atoms with van der Waals surface area (Å²) in [5.41, 5.74) is 2.02. The standard InChI is InChI=1S/C15H25N3O2S/c1-4-14(16-5-2)15-7-6-12(10-17-15)18(3)13-8-9-21(19,20)11-13/h6-7,10,13-14,16H,4-5,8-9,11H2,1-3H3. The van der Waals surface area contributed by atoms with E-state index in [-0.39, 0.29) is 17.8 Å². The quantitative estimate of drug-likeness (QED) is 0.867. The van der Waals surface area contributed by atoms with E-state index in [9.17, 15) is 8.42 Å². The number of pyridine rings is 1. The first-order chi connectivity index (χ1) is 9.96. The lowest BCUT2D eigenvalue weighted by atomic mass is 10.1. The molecule has 1 aromatic rings. The summed E-state index contributed by atoms with van der Waals surface area (Å²) in [6.45, 7) is 5.14. The molecule has 0 aromatic carbocycles. The van der Waals surface area contributed by atoms with Crippen molar-refractivity contribution in [3.8, 4) is 0 Å². The Labute approximate surface area is 127 Å². The molecule has 6 heteroatoms. The average molecular weight is 311 g/mol. The van der Waals surface area contributed by atoms with Gasteiger partial charge in [-0.2, -0.15) is 0 Å². The van der Waals surface area contributed by atoms with E-state index in [2.05, 4.69) is 24.1 Å². The first kappa shape index (κ1) is 16.2. The number of aromatic nitrogens is 1. The van der Waals surface area contributed by atoms with Crippen molar-refractivity contribution in [3.05, 3.63) is 24.0 Å². The topological polar surface area (TPSA) is 62.3 Å². The van der Waals surface area contributed by atoms with Gasteiger partial charge in [0.2, 0.25) is 0 Å². The van der Waals surface area contributed by atoms with Crippen LogP contribution in [0.15, 0.2) is 18.3 Å². The Morgan fingerprint density at radius 1 is 1.43 bits per heavy atom. The average Bonchev–Trinajstić information content (AvgIpc) is 2.84. The van der Waals surface area contributed by atoms with Gasteiger partial charge in [0.1, 0.15) is 0 Å². The Hall–Kier alpha value is -1.14. The van der Waals surface area contributed by atoms with Gasteiger partial charge in [-0.05, 0) is 31.5 Å². The molecule has 1 fully saturated rings. The fraction of sp³-hybridized carbons (Fsp3) is 0.667. The molecule has 2 unspecified atom stereocenters. The Kier molecular flexibility index (Phi) is 5.22. The summed E-state index contributed by atoms with van der Waals surface area (Å²) in [6.07, 6.45) is 3.55. The Balaban J connectivity index is 2.08. The van der Waals surface area contributed by atoms with E-state index < -0.39 is 9.84 Å². The lowest BCUT2D eigenvalue weighted by molar-refractivity contribution is 0.524. The second-order valence-electron chi connectivity index (χ2n) is 5.63. The molecule has 2 atom stereocenters. The largest absolute Gasteiger partial charge is 0.369 e. The molecule has 1 aliphatic heterocycles. The number of hydrogen-bond donors (Lipinski definition) is 1. The molecule has 118 valence electrons. The summed E-state index contributed by atoms with van der Waals surface area (Å²) in [6, 6.07) is 4.42. The normalized spacial score (nSPS) is 22.1. The Morgan fingerprint density at radius 2 is 2.19 bits per heavy atom. The third-order valence-electron chi connectivity index (χ3n) is 4.15. The highest BCUT2D eigenvalue weighted by atomic mass is 32.2. The molecule has 2 rings (SSSR count). The molecule has 1 N–H and O–H groups in total. The lowest BCUT2D eigenvalue weighted by Crippen LogP contribution is -2.32. The molecule has 0 spiro atoms. The molecule has 0 bridgehead atoms. The van der Waals surface area contributed by atoms with Gasteiger partial charge in [0.05, 0.1) is 29.1 Å². The van der Waals surface area contributed by atoms with Crippen molar-refractivity contribution in [2.75, 3.05) is 30.0 Å². The van der Waals surface area contributed by atoms with Crippen molar-refractivity contribution in [1.29, 1.82) is 0 Å². The first-order valence-electron chi connectivity index (χ1n) is 7.59. The van der Waals surface area contributed by atoms with Crippen LogP contribution < -0.4 is 10.2 Å². The van der Waals surface area contributed by atoms with E-state index in [0.29, 0.717) is 12.2 Å². The number of nitrogens with one attached hydrogen (secondary N) is 1. The van der Waals surface area contributed by atoms with Crippen LogP contribution in [0.5, 0.6) is 0 Å². The minimum Gasteiger partial charge on any atom is -0.369 e. The maximum atomic E-state index is 11.6. The molecular formula is C15H25N3O2S. The molecule has 1 aliphatic rings. The van der Waals surface area contributed by atoms with E-state index in [1.165, 1.54) is 0 Å². The predicted octanol–water partition coefficient (Wildman–Crippen LogP) is 1.77. The Morgan fingerprint density at radius 3 is 2.67 bits per heavy atom. The maximum Gasteiger partial charge on any atom is 0.152 e. The zero-order valence-electron chi connectivity index (χ0n) is 13.0. The highest BCUT2D eigenvalue weighted by Crippen LogP contribution is 2.23. The lowest BCUT2D eigenvalue weighted by Gasteiger charge is -2.26. The van der Waals surface area contributed by atoms with Gasteiger partial charge in [-0.3, -0.25) is 4.98 Å². The molecular weight excluding hydrogens is 286 g/mol. The molecule has 0 aliphatic carbocycles.